The number of amides is 2. The van der Waals surface area contributed by atoms with E-state index < -0.39 is 0 Å². The van der Waals surface area contributed by atoms with Crippen LogP contribution in [0, 0.1) is 12.8 Å². The number of ether oxygens (including phenoxy) is 1. The Bertz CT molecular complexity index is 1410. The molecule has 1 aromatic heterocycles. The van der Waals surface area contributed by atoms with Crippen molar-refractivity contribution >= 4 is 28.3 Å². The van der Waals surface area contributed by atoms with Gasteiger partial charge in [0.05, 0.1) is 12.1 Å². The lowest BCUT2D eigenvalue weighted by Crippen LogP contribution is -2.39. The van der Waals surface area contributed by atoms with Gasteiger partial charge >= 0.3 is 0 Å². The van der Waals surface area contributed by atoms with Gasteiger partial charge in [0.2, 0.25) is 0 Å². The minimum Gasteiger partial charge on any atom is -0.383 e. The van der Waals surface area contributed by atoms with Crippen molar-refractivity contribution in [2.24, 2.45) is 5.92 Å². The molecule has 3 aromatic rings. The first-order valence-electron chi connectivity index (χ1n) is 13.9. The first-order valence-corrected chi connectivity index (χ1v) is 13.9. The molecule has 0 bridgehead atoms. The van der Waals surface area contributed by atoms with Crippen LogP contribution in [0.5, 0.6) is 0 Å². The molecule has 2 heterocycles. The third-order valence-corrected chi connectivity index (χ3v) is 8.06. The summed E-state index contributed by atoms with van der Waals surface area (Å²) in [6, 6.07) is 11.9. The topological polar surface area (TPSA) is 76.5 Å². The predicted molar refractivity (Wildman–Crippen MR) is 155 cm³/mol. The number of benzene rings is 2. The maximum absolute atomic E-state index is 13.2. The van der Waals surface area contributed by atoms with Crippen LogP contribution in [0.3, 0.4) is 0 Å². The number of nitrogens with zero attached hydrogens (tertiary/aromatic N) is 3. The molecule has 1 N–H and O–H groups in total. The van der Waals surface area contributed by atoms with E-state index in [9.17, 15) is 9.59 Å². The van der Waals surface area contributed by atoms with Crippen LogP contribution in [-0.2, 0) is 11.3 Å². The molecule has 0 radical (unpaired) electrons. The monoisotopic (exact) mass is 526 g/mol. The van der Waals surface area contributed by atoms with Crippen LogP contribution in [0.25, 0.3) is 16.5 Å². The fourth-order valence-electron chi connectivity index (χ4n) is 5.66. The van der Waals surface area contributed by atoms with Crippen molar-refractivity contribution in [3.8, 4) is 0 Å². The second-order valence-corrected chi connectivity index (χ2v) is 10.7. The molecule has 2 aromatic carbocycles. The van der Waals surface area contributed by atoms with Gasteiger partial charge in [-0.2, -0.15) is 5.10 Å². The first kappa shape index (κ1) is 26.9. The number of methoxy groups -OCH3 is 1. The van der Waals surface area contributed by atoms with Gasteiger partial charge in [0, 0.05) is 56.0 Å². The molecule has 204 valence electrons. The van der Waals surface area contributed by atoms with Crippen molar-refractivity contribution in [2.45, 2.75) is 46.1 Å². The third-order valence-electron chi connectivity index (χ3n) is 8.06. The van der Waals surface area contributed by atoms with Crippen molar-refractivity contribution in [2.75, 3.05) is 33.4 Å². The summed E-state index contributed by atoms with van der Waals surface area (Å²) in [5.74, 6) is 0.474. The fraction of sp³-hybridized carbons (Fsp3) is 0.406. The summed E-state index contributed by atoms with van der Waals surface area (Å²) in [5, 5.41) is 8.67. The van der Waals surface area contributed by atoms with Crippen LogP contribution >= 0.6 is 0 Å². The van der Waals surface area contributed by atoms with E-state index in [1.807, 2.05) is 47.0 Å². The van der Waals surface area contributed by atoms with E-state index in [0.29, 0.717) is 24.6 Å². The van der Waals surface area contributed by atoms with E-state index in [1.54, 1.807) is 7.11 Å². The number of allylic oxidation sites excluding steroid dienone is 4. The minimum atomic E-state index is -0.0936. The molecular formula is C32H38N4O3. The van der Waals surface area contributed by atoms with E-state index in [-0.39, 0.29) is 11.8 Å². The molecule has 2 aliphatic rings. The summed E-state index contributed by atoms with van der Waals surface area (Å²) in [6.45, 7) is 7.44. The summed E-state index contributed by atoms with van der Waals surface area (Å²) in [4.78, 5) is 27.7. The summed E-state index contributed by atoms with van der Waals surface area (Å²) < 4.78 is 7.02. The first-order chi connectivity index (χ1) is 18.9. The number of rotatable bonds is 8. The van der Waals surface area contributed by atoms with Crippen molar-refractivity contribution in [3.63, 3.8) is 0 Å². The normalized spacial score (nSPS) is 16.2. The van der Waals surface area contributed by atoms with Crippen LogP contribution in [0.1, 0.15) is 64.4 Å². The lowest BCUT2D eigenvalue weighted by Gasteiger charge is -2.32. The fourth-order valence-corrected chi connectivity index (χ4v) is 5.66. The number of aromatic nitrogens is 2. The number of fused-ring (bicyclic) bond motifs is 1. The van der Waals surface area contributed by atoms with E-state index in [4.69, 9.17) is 9.84 Å². The average molecular weight is 527 g/mol. The van der Waals surface area contributed by atoms with Gasteiger partial charge in [0.1, 0.15) is 0 Å². The van der Waals surface area contributed by atoms with Crippen molar-refractivity contribution in [3.05, 3.63) is 82.6 Å². The second-order valence-electron chi connectivity index (χ2n) is 10.7. The average Bonchev–Trinajstić information content (AvgIpc) is 3.37. The Labute approximate surface area is 230 Å². The van der Waals surface area contributed by atoms with Gasteiger partial charge in [-0.1, -0.05) is 29.9 Å². The molecule has 1 aliphatic carbocycles. The molecule has 1 aliphatic heterocycles. The molecule has 0 atom stereocenters. The highest BCUT2D eigenvalue weighted by Gasteiger charge is 2.24. The zero-order valence-corrected chi connectivity index (χ0v) is 23.2. The minimum absolute atomic E-state index is 0.0936. The quantitative estimate of drug-likeness (QED) is 0.399. The van der Waals surface area contributed by atoms with Gasteiger partial charge in [0.15, 0.2) is 0 Å². The Morgan fingerprint density at radius 1 is 1.08 bits per heavy atom. The van der Waals surface area contributed by atoms with Crippen LogP contribution in [0.2, 0.25) is 0 Å². The molecular weight excluding hydrogens is 488 g/mol. The summed E-state index contributed by atoms with van der Waals surface area (Å²) >= 11 is 0. The summed E-state index contributed by atoms with van der Waals surface area (Å²) in [6.07, 6.45) is 10.6. The van der Waals surface area contributed by atoms with Crippen molar-refractivity contribution in [1.29, 1.82) is 0 Å². The van der Waals surface area contributed by atoms with Crippen LogP contribution in [0.4, 0.5) is 0 Å². The molecule has 2 amide bonds. The highest BCUT2D eigenvalue weighted by atomic mass is 16.5. The number of hydrogen-bond donors (Lipinski definition) is 1. The molecule has 0 spiro atoms. The zero-order chi connectivity index (χ0) is 27.4. The van der Waals surface area contributed by atoms with Gasteiger partial charge < -0.3 is 15.0 Å². The molecule has 1 fully saturated rings. The van der Waals surface area contributed by atoms with Gasteiger partial charge in [-0.15, -0.1) is 0 Å². The molecule has 5 rings (SSSR count). The molecule has 39 heavy (non-hydrogen) atoms. The van der Waals surface area contributed by atoms with Crippen LogP contribution < -0.4 is 5.32 Å². The number of carbonyl (C=O) groups excluding carboxylic acids is 2. The highest BCUT2D eigenvalue weighted by molar-refractivity contribution is 6.00. The van der Waals surface area contributed by atoms with E-state index in [2.05, 4.69) is 36.5 Å². The van der Waals surface area contributed by atoms with Gasteiger partial charge in [-0.05, 0) is 86.4 Å². The van der Waals surface area contributed by atoms with Crippen LogP contribution in [-0.4, -0.2) is 59.8 Å². The molecule has 0 saturated carbocycles. The molecule has 7 nitrogen and oxygen atoms in total. The van der Waals surface area contributed by atoms with Crippen molar-refractivity contribution in [1.82, 2.24) is 20.0 Å². The number of carbonyl (C=O) groups is 2. The van der Waals surface area contributed by atoms with Gasteiger partial charge in [0.25, 0.3) is 11.8 Å². The summed E-state index contributed by atoms with van der Waals surface area (Å²) in [7, 11) is 1.62. The Balaban J connectivity index is 1.18. The Morgan fingerprint density at radius 3 is 2.56 bits per heavy atom. The molecule has 7 heteroatoms. The van der Waals surface area contributed by atoms with Gasteiger partial charge in [-0.25, -0.2) is 0 Å². The largest absolute Gasteiger partial charge is 0.383 e. The molecule has 1 saturated heterocycles. The van der Waals surface area contributed by atoms with Crippen molar-refractivity contribution < 1.29 is 14.3 Å². The Hall–Kier alpha value is -3.71. The maximum atomic E-state index is 13.2. The zero-order valence-electron chi connectivity index (χ0n) is 23.2. The maximum Gasteiger partial charge on any atom is 0.253 e. The SMILES string of the molecule is COCCNC(=O)c1ccc2nn(CC3CCN(C(=O)c4ccc(C5=C(C)CCC=C5)cc4)CC3)cc2c1C. The predicted octanol–water partition coefficient (Wildman–Crippen LogP) is 5.40. The number of likely N-dealkylation sites (tertiary alicyclic amines) is 1. The third kappa shape index (κ3) is 5.98. The van der Waals surface area contributed by atoms with E-state index >= 15 is 0 Å². The van der Waals surface area contributed by atoms with E-state index in [0.717, 1.165) is 67.3 Å². The van der Waals surface area contributed by atoms with Crippen LogP contribution in [0.15, 0.2) is 60.3 Å². The number of aryl methyl sites for hydroxylation is 1. The highest BCUT2D eigenvalue weighted by Crippen LogP contribution is 2.28. The number of piperidine rings is 1. The summed E-state index contributed by atoms with van der Waals surface area (Å²) in [5.41, 5.74) is 7.12. The smallest absolute Gasteiger partial charge is 0.253 e. The second kappa shape index (κ2) is 12.0. The number of nitrogens with one attached hydrogen (secondary N) is 1. The number of hydrogen-bond acceptors (Lipinski definition) is 4. The molecule has 0 unspecified atom stereocenters. The van der Waals surface area contributed by atoms with E-state index in [1.165, 1.54) is 16.7 Å². The lowest BCUT2D eigenvalue weighted by atomic mass is 9.92. The lowest BCUT2D eigenvalue weighted by molar-refractivity contribution is 0.0681. The van der Waals surface area contributed by atoms with Gasteiger partial charge in [-0.3, -0.25) is 14.3 Å². The standard InChI is InChI=1S/C32H38N4O3/c1-22-6-4-5-7-27(22)25-8-10-26(11-9-25)32(38)35-17-14-24(15-18-35)20-36-21-29-23(2)28(12-13-30(29)34-36)31(37)33-16-19-39-3/h5,7-13,21,24H,4,6,14-20H2,1-3H3,(H,33,37). The Kier molecular flexibility index (Phi) is 8.27. The Morgan fingerprint density at radius 2 is 1.85 bits per heavy atom.